The normalized spacial score (nSPS) is 17.6. The second-order valence-electron chi connectivity index (χ2n) is 7.65. The molecule has 14 heteroatoms. The highest BCUT2D eigenvalue weighted by atomic mass is 32.3. The number of imide groups is 1. The van der Waals surface area contributed by atoms with E-state index in [1.165, 1.54) is 0 Å². The van der Waals surface area contributed by atoms with Crippen LogP contribution >= 0.6 is 0 Å². The lowest BCUT2D eigenvalue weighted by Gasteiger charge is -2.28. The van der Waals surface area contributed by atoms with E-state index in [2.05, 4.69) is 10.3 Å². The van der Waals surface area contributed by atoms with Crippen molar-refractivity contribution < 1.29 is 31.9 Å². The van der Waals surface area contributed by atoms with Crippen molar-refractivity contribution in [2.24, 2.45) is 22.2 Å². The molecule has 0 unspecified atom stereocenters. The minimum Gasteiger partial charge on any atom is -0.370 e. The average Bonchev–Trinajstić information content (AvgIpc) is 3.23. The van der Waals surface area contributed by atoms with E-state index >= 15 is 0 Å². The van der Waals surface area contributed by atoms with Crippen LogP contribution in [0.5, 0.6) is 0 Å². The van der Waals surface area contributed by atoms with Gasteiger partial charge in [0, 0.05) is 6.54 Å². The van der Waals surface area contributed by atoms with E-state index in [9.17, 15) is 14.4 Å². The minimum atomic E-state index is -4.67. The van der Waals surface area contributed by atoms with Crippen molar-refractivity contribution in [3.63, 3.8) is 0 Å². The highest BCUT2D eigenvalue weighted by molar-refractivity contribution is 7.79. The molecule has 0 saturated carbocycles. The van der Waals surface area contributed by atoms with E-state index in [1.807, 2.05) is 35.2 Å². The predicted octanol–water partition coefficient (Wildman–Crippen LogP) is -1.37. The van der Waals surface area contributed by atoms with Crippen LogP contribution in [0.15, 0.2) is 35.3 Å². The number of aliphatic imine (C=N–C) groups is 1. The monoisotopic (exact) mass is 500 g/mol. The first-order valence-corrected chi connectivity index (χ1v) is 11.9. The predicted molar refractivity (Wildman–Crippen MR) is 125 cm³/mol. The van der Waals surface area contributed by atoms with Crippen LogP contribution in [-0.4, -0.2) is 77.7 Å². The van der Waals surface area contributed by atoms with Crippen molar-refractivity contribution in [1.29, 1.82) is 0 Å². The molecule has 0 aromatic heterocycles. The van der Waals surface area contributed by atoms with E-state index < -0.39 is 40.3 Å². The molecule has 1 saturated heterocycles. The summed E-state index contributed by atoms with van der Waals surface area (Å²) in [5, 5.41) is 2.42. The smallest absolute Gasteiger partial charge is 0.370 e. The summed E-state index contributed by atoms with van der Waals surface area (Å²) in [7, 11) is -4.67. The van der Waals surface area contributed by atoms with E-state index in [1.54, 1.807) is 0 Å². The number of nitrogens with two attached hydrogens (primary N) is 3. The molecule has 3 atom stereocenters. The molecule has 9 N–H and O–H groups in total. The Hall–Kier alpha value is -2.91. The van der Waals surface area contributed by atoms with Gasteiger partial charge in [-0.3, -0.25) is 33.9 Å². The van der Waals surface area contributed by atoms with Crippen LogP contribution < -0.4 is 22.5 Å². The van der Waals surface area contributed by atoms with Crippen molar-refractivity contribution in [1.82, 2.24) is 10.2 Å². The van der Waals surface area contributed by atoms with Crippen LogP contribution in [0.4, 0.5) is 0 Å². The van der Waals surface area contributed by atoms with Gasteiger partial charge >= 0.3 is 10.4 Å². The highest BCUT2D eigenvalue weighted by Crippen LogP contribution is 2.22. The summed E-state index contributed by atoms with van der Waals surface area (Å²) in [6.07, 6.45) is 3.70. The summed E-state index contributed by atoms with van der Waals surface area (Å²) in [4.78, 5) is 42.3. The van der Waals surface area contributed by atoms with Crippen LogP contribution in [0.25, 0.3) is 0 Å². The lowest BCUT2D eigenvalue weighted by atomic mass is 10.1. The van der Waals surface area contributed by atoms with Gasteiger partial charge < -0.3 is 22.0 Å². The van der Waals surface area contributed by atoms with Gasteiger partial charge in [0.1, 0.15) is 6.29 Å². The number of nitrogens with zero attached hydrogens (tertiary/aromatic N) is 2. The van der Waals surface area contributed by atoms with E-state index in [0.29, 0.717) is 38.8 Å². The van der Waals surface area contributed by atoms with Crippen LogP contribution in [0.2, 0.25) is 0 Å². The molecule has 1 aromatic rings. The number of rotatable bonds is 10. The molecule has 0 aliphatic carbocycles. The van der Waals surface area contributed by atoms with Crippen LogP contribution in [0.1, 0.15) is 31.2 Å². The number of hydrogen-bond donors (Lipinski definition) is 6. The van der Waals surface area contributed by atoms with E-state index in [0.717, 1.165) is 18.3 Å². The minimum absolute atomic E-state index is 0.0106. The molecule has 2 amide bonds. The molecule has 1 aliphatic heterocycles. The van der Waals surface area contributed by atoms with Crippen LogP contribution in [0, 0.1) is 0 Å². The van der Waals surface area contributed by atoms with Gasteiger partial charge in [-0.15, -0.1) is 0 Å². The standard InChI is InChI=1S/C20H30N6O3.H2O4S/c21-16(12-14-6-2-1-3-7-14)18(28)25-19(29)17-9-5-11-26(17)15(13-27)8-4-10-24-20(22)23;1-5(2,3)4/h1-3,6-7,13,15-17H,4-5,8-12,21H2,(H4,22,23,24)(H,25,28,29);(H2,1,2,3,4)/t15-,16+,17-;/m0./s1. The number of guanidine groups is 1. The highest BCUT2D eigenvalue weighted by Gasteiger charge is 2.36. The Labute approximate surface area is 198 Å². The molecule has 0 bridgehead atoms. The first-order valence-electron chi connectivity index (χ1n) is 10.5. The van der Waals surface area contributed by atoms with Crippen molar-refractivity contribution >= 4 is 34.5 Å². The SMILES string of the molecule is NC(N)=NCCC[C@@H](C=O)N1CCC[C@H]1C(=O)NC(=O)[C@H](N)Cc1ccccc1.O=S(=O)(O)O. The Morgan fingerprint density at radius 1 is 1.24 bits per heavy atom. The Kier molecular flexibility index (Phi) is 12.3. The Morgan fingerprint density at radius 3 is 2.41 bits per heavy atom. The third kappa shape index (κ3) is 11.8. The van der Waals surface area contributed by atoms with Crippen molar-refractivity contribution in [2.75, 3.05) is 13.1 Å². The molecule has 1 aromatic carbocycles. The third-order valence-corrected chi connectivity index (χ3v) is 5.01. The summed E-state index contributed by atoms with van der Waals surface area (Å²) in [5.41, 5.74) is 17.5. The molecule has 34 heavy (non-hydrogen) atoms. The quantitative estimate of drug-likeness (QED) is 0.0721. The number of aldehydes is 1. The average molecular weight is 501 g/mol. The molecule has 0 spiro atoms. The largest absolute Gasteiger partial charge is 0.394 e. The van der Waals surface area contributed by atoms with Crippen molar-refractivity contribution in [2.45, 2.75) is 50.2 Å². The second-order valence-corrected chi connectivity index (χ2v) is 8.54. The topological polar surface area (TPSA) is 231 Å². The number of likely N-dealkylation sites (tertiary alicyclic amines) is 1. The van der Waals surface area contributed by atoms with Gasteiger partial charge in [0.05, 0.1) is 18.1 Å². The molecule has 13 nitrogen and oxygen atoms in total. The maximum absolute atomic E-state index is 12.7. The first-order chi connectivity index (χ1) is 15.9. The van der Waals surface area contributed by atoms with Crippen LogP contribution in [0.3, 0.4) is 0 Å². The van der Waals surface area contributed by atoms with Gasteiger partial charge in [-0.2, -0.15) is 8.42 Å². The summed E-state index contributed by atoms with van der Waals surface area (Å²) in [5.74, 6) is -0.912. The van der Waals surface area contributed by atoms with Gasteiger partial charge in [0.15, 0.2) is 5.96 Å². The summed E-state index contributed by atoms with van der Waals surface area (Å²) in [6.45, 7) is 1.04. The van der Waals surface area contributed by atoms with Crippen molar-refractivity contribution in [3.8, 4) is 0 Å². The van der Waals surface area contributed by atoms with Crippen LogP contribution in [-0.2, 0) is 31.2 Å². The Morgan fingerprint density at radius 2 is 1.85 bits per heavy atom. The van der Waals surface area contributed by atoms with Crippen molar-refractivity contribution in [3.05, 3.63) is 35.9 Å². The molecular formula is C20H32N6O7S. The van der Waals surface area contributed by atoms with Gasteiger partial charge in [0.25, 0.3) is 0 Å². The summed E-state index contributed by atoms with van der Waals surface area (Å²) in [6, 6.07) is 7.61. The Bertz CT molecular complexity index is 930. The lowest BCUT2D eigenvalue weighted by Crippen LogP contribution is -2.53. The zero-order valence-electron chi connectivity index (χ0n) is 18.6. The molecule has 2 rings (SSSR count). The Balaban J connectivity index is 0.00000104. The summed E-state index contributed by atoms with van der Waals surface area (Å²) >= 11 is 0. The van der Waals surface area contributed by atoms with E-state index in [-0.39, 0.29) is 5.96 Å². The second kappa shape index (κ2) is 14.4. The van der Waals surface area contributed by atoms with Gasteiger partial charge in [0.2, 0.25) is 11.8 Å². The first kappa shape index (κ1) is 29.1. The van der Waals surface area contributed by atoms with Gasteiger partial charge in [-0.1, -0.05) is 30.3 Å². The number of nitrogens with one attached hydrogen (secondary N) is 1. The maximum atomic E-state index is 12.7. The molecule has 190 valence electrons. The zero-order valence-corrected chi connectivity index (χ0v) is 19.4. The zero-order chi connectivity index (χ0) is 25.7. The maximum Gasteiger partial charge on any atom is 0.394 e. The number of hydrogen-bond acceptors (Lipinski definition) is 8. The number of amides is 2. The number of benzene rings is 1. The van der Waals surface area contributed by atoms with Gasteiger partial charge in [-0.25, -0.2) is 0 Å². The molecule has 0 radical (unpaired) electrons. The molecule has 1 heterocycles. The fourth-order valence-corrected chi connectivity index (χ4v) is 3.55. The fourth-order valence-electron chi connectivity index (χ4n) is 3.55. The molecule has 1 aliphatic rings. The number of carbonyl (C=O) groups excluding carboxylic acids is 3. The van der Waals surface area contributed by atoms with Gasteiger partial charge in [-0.05, 0) is 44.2 Å². The molecule has 1 fully saturated rings. The van der Waals surface area contributed by atoms with E-state index in [4.69, 9.17) is 34.7 Å². The number of carbonyl (C=O) groups is 3. The lowest BCUT2D eigenvalue weighted by molar-refractivity contribution is -0.134. The fraction of sp³-hybridized carbons (Fsp3) is 0.500. The third-order valence-electron chi connectivity index (χ3n) is 5.01. The summed E-state index contributed by atoms with van der Waals surface area (Å²) < 4.78 is 31.6. The molecular weight excluding hydrogens is 468 g/mol.